The van der Waals surface area contributed by atoms with E-state index in [0.717, 1.165) is 25.4 Å². The summed E-state index contributed by atoms with van der Waals surface area (Å²) in [7, 11) is 2.08. The lowest BCUT2D eigenvalue weighted by Crippen LogP contribution is -2.43. The summed E-state index contributed by atoms with van der Waals surface area (Å²) in [4.78, 5) is 2.24. The lowest BCUT2D eigenvalue weighted by molar-refractivity contribution is -0.0117. The standard InChI is InChI=1S/C12H15Cl3N2O/c1-17-2-3-18-8(7-17)6-16-12-5-10(14)9(13)4-11(12)15/h4-5,8,16H,2-3,6-7H2,1H3. The summed E-state index contributed by atoms with van der Waals surface area (Å²) in [5, 5.41) is 4.76. The first-order valence-electron chi connectivity index (χ1n) is 5.75. The van der Waals surface area contributed by atoms with Gasteiger partial charge in [-0.2, -0.15) is 0 Å². The third-order valence-corrected chi connectivity index (χ3v) is 3.91. The molecule has 1 heterocycles. The highest BCUT2D eigenvalue weighted by atomic mass is 35.5. The maximum absolute atomic E-state index is 6.09. The van der Waals surface area contributed by atoms with Crippen LogP contribution in [-0.4, -0.2) is 44.3 Å². The topological polar surface area (TPSA) is 24.5 Å². The van der Waals surface area contributed by atoms with Crippen LogP contribution >= 0.6 is 34.8 Å². The number of nitrogens with zero attached hydrogens (tertiary/aromatic N) is 1. The number of halogens is 3. The Kier molecular flexibility index (Phi) is 4.98. The predicted molar refractivity (Wildman–Crippen MR) is 77.2 cm³/mol. The SMILES string of the molecule is CN1CCOC(CNc2cc(Cl)c(Cl)cc2Cl)C1. The predicted octanol–water partition coefficient (Wildman–Crippen LogP) is 3.39. The second-order valence-electron chi connectivity index (χ2n) is 4.38. The largest absolute Gasteiger partial charge is 0.381 e. The summed E-state index contributed by atoms with van der Waals surface area (Å²) in [5.41, 5.74) is 0.780. The quantitative estimate of drug-likeness (QED) is 0.866. The van der Waals surface area contributed by atoms with E-state index in [-0.39, 0.29) is 6.10 Å². The molecule has 6 heteroatoms. The van der Waals surface area contributed by atoms with E-state index >= 15 is 0 Å². The molecule has 1 saturated heterocycles. The van der Waals surface area contributed by atoms with Crippen LogP contribution in [0.1, 0.15) is 0 Å². The van der Waals surface area contributed by atoms with Crippen molar-refractivity contribution in [1.29, 1.82) is 0 Å². The molecule has 0 aromatic heterocycles. The van der Waals surface area contributed by atoms with E-state index in [2.05, 4.69) is 17.3 Å². The summed E-state index contributed by atoms with van der Waals surface area (Å²) >= 11 is 17.9. The third kappa shape index (κ3) is 3.65. The fraction of sp³-hybridized carbons (Fsp3) is 0.500. The van der Waals surface area contributed by atoms with Crippen LogP contribution in [0, 0.1) is 0 Å². The normalized spacial score (nSPS) is 21.0. The minimum atomic E-state index is 0.161. The fourth-order valence-corrected chi connectivity index (χ4v) is 2.49. The molecule has 3 nitrogen and oxygen atoms in total. The fourth-order valence-electron chi connectivity index (χ4n) is 1.87. The first kappa shape index (κ1) is 14.2. The van der Waals surface area contributed by atoms with Crippen molar-refractivity contribution in [1.82, 2.24) is 4.90 Å². The van der Waals surface area contributed by atoms with Gasteiger partial charge in [-0.25, -0.2) is 0 Å². The van der Waals surface area contributed by atoms with Crippen molar-refractivity contribution in [3.05, 3.63) is 27.2 Å². The van der Waals surface area contributed by atoms with Crippen molar-refractivity contribution in [3.8, 4) is 0 Å². The maximum Gasteiger partial charge on any atom is 0.0874 e. The van der Waals surface area contributed by atoms with E-state index in [1.165, 1.54) is 0 Å². The molecular formula is C12H15Cl3N2O. The van der Waals surface area contributed by atoms with E-state index < -0.39 is 0 Å². The summed E-state index contributed by atoms with van der Waals surface area (Å²) in [6.07, 6.45) is 0.161. The summed E-state index contributed by atoms with van der Waals surface area (Å²) in [6, 6.07) is 3.38. The van der Waals surface area contributed by atoms with Crippen molar-refractivity contribution < 1.29 is 4.74 Å². The van der Waals surface area contributed by atoms with E-state index in [1.807, 2.05) is 0 Å². The lowest BCUT2D eigenvalue weighted by Gasteiger charge is -2.30. The van der Waals surface area contributed by atoms with Gasteiger partial charge in [-0.1, -0.05) is 34.8 Å². The van der Waals surface area contributed by atoms with Gasteiger partial charge in [-0.3, -0.25) is 0 Å². The molecule has 0 saturated carbocycles. The molecule has 1 aromatic rings. The number of nitrogens with one attached hydrogen (secondary N) is 1. The zero-order chi connectivity index (χ0) is 13.1. The van der Waals surface area contributed by atoms with Crippen molar-refractivity contribution in [2.24, 2.45) is 0 Å². The lowest BCUT2D eigenvalue weighted by atomic mass is 10.2. The molecule has 1 unspecified atom stereocenters. The van der Waals surface area contributed by atoms with Gasteiger partial charge in [0.15, 0.2) is 0 Å². The molecule has 1 N–H and O–H groups in total. The number of hydrogen-bond donors (Lipinski definition) is 1. The molecule has 0 aliphatic carbocycles. The van der Waals surface area contributed by atoms with Crippen LogP contribution in [0.3, 0.4) is 0 Å². The molecule has 1 atom stereocenters. The first-order valence-corrected chi connectivity index (χ1v) is 6.88. The van der Waals surface area contributed by atoms with Crippen molar-refractivity contribution in [2.75, 3.05) is 38.6 Å². The van der Waals surface area contributed by atoms with Crippen molar-refractivity contribution in [2.45, 2.75) is 6.10 Å². The monoisotopic (exact) mass is 308 g/mol. The smallest absolute Gasteiger partial charge is 0.0874 e. The van der Waals surface area contributed by atoms with Crippen molar-refractivity contribution >= 4 is 40.5 Å². The Hall–Kier alpha value is -0.190. The molecule has 0 amide bonds. The Balaban J connectivity index is 1.95. The Morgan fingerprint density at radius 1 is 1.28 bits per heavy atom. The van der Waals surface area contributed by atoms with Crippen LogP contribution in [0.2, 0.25) is 15.1 Å². The number of anilines is 1. The number of likely N-dealkylation sites (N-methyl/N-ethyl adjacent to an activating group) is 1. The first-order chi connectivity index (χ1) is 8.56. The molecule has 1 aliphatic rings. The van der Waals surface area contributed by atoms with Crippen LogP contribution in [0.4, 0.5) is 5.69 Å². The van der Waals surface area contributed by atoms with Crippen LogP contribution in [0.25, 0.3) is 0 Å². The van der Waals surface area contributed by atoms with Gasteiger partial charge in [-0.15, -0.1) is 0 Å². The molecule has 1 aliphatic heterocycles. The van der Waals surface area contributed by atoms with E-state index in [4.69, 9.17) is 39.5 Å². The van der Waals surface area contributed by atoms with E-state index in [1.54, 1.807) is 12.1 Å². The highest BCUT2D eigenvalue weighted by Crippen LogP contribution is 2.32. The highest BCUT2D eigenvalue weighted by molar-refractivity contribution is 6.44. The number of morpholine rings is 1. The molecule has 100 valence electrons. The average molecular weight is 310 g/mol. The van der Waals surface area contributed by atoms with Gasteiger partial charge in [0.2, 0.25) is 0 Å². The highest BCUT2D eigenvalue weighted by Gasteiger charge is 2.17. The van der Waals surface area contributed by atoms with Gasteiger partial charge in [0.1, 0.15) is 0 Å². The molecule has 0 radical (unpaired) electrons. The molecule has 1 fully saturated rings. The zero-order valence-corrected chi connectivity index (χ0v) is 12.3. The maximum atomic E-state index is 6.09. The Bertz CT molecular complexity index is 428. The molecule has 0 spiro atoms. The molecular weight excluding hydrogens is 295 g/mol. The molecule has 1 aromatic carbocycles. The number of hydrogen-bond acceptors (Lipinski definition) is 3. The Morgan fingerprint density at radius 3 is 2.72 bits per heavy atom. The minimum absolute atomic E-state index is 0.161. The van der Waals surface area contributed by atoms with Gasteiger partial charge in [-0.05, 0) is 19.2 Å². The van der Waals surface area contributed by atoms with Gasteiger partial charge in [0.05, 0.1) is 33.5 Å². The minimum Gasteiger partial charge on any atom is -0.381 e. The second kappa shape index (κ2) is 6.31. The zero-order valence-electron chi connectivity index (χ0n) is 10.0. The molecule has 2 rings (SSSR count). The van der Waals surface area contributed by atoms with E-state index in [0.29, 0.717) is 21.6 Å². The van der Waals surface area contributed by atoms with Gasteiger partial charge in [0, 0.05) is 19.6 Å². The number of ether oxygens (including phenoxy) is 1. The van der Waals surface area contributed by atoms with E-state index in [9.17, 15) is 0 Å². The van der Waals surface area contributed by atoms with Crippen molar-refractivity contribution in [3.63, 3.8) is 0 Å². The molecule has 0 bridgehead atoms. The van der Waals surface area contributed by atoms with Gasteiger partial charge in [0.25, 0.3) is 0 Å². The third-order valence-electron chi connectivity index (χ3n) is 2.87. The van der Waals surface area contributed by atoms with Crippen LogP contribution in [-0.2, 0) is 4.74 Å². The Morgan fingerprint density at radius 2 is 2.00 bits per heavy atom. The van der Waals surface area contributed by atoms with Crippen LogP contribution < -0.4 is 5.32 Å². The number of benzene rings is 1. The number of rotatable bonds is 3. The molecule has 18 heavy (non-hydrogen) atoms. The van der Waals surface area contributed by atoms with Crippen LogP contribution in [0.5, 0.6) is 0 Å². The summed E-state index contributed by atoms with van der Waals surface area (Å²) in [6.45, 7) is 3.34. The van der Waals surface area contributed by atoms with Crippen LogP contribution in [0.15, 0.2) is 12.1 Å². The average Bonchev–Trinajstić information content (AvgIpc) is 2.32. The second-order valence-corrected chi connectivity index (χ2v) is 5.60. The summed E-state index contributed by atoms with van der Waals surface area (Å²) in [5.74, 6) is 0. The Labute approximate surface area is 122 Å². The van der Waals surface area contributed by atoms with Gasteiger partial charge >= 0.3 is 0 Å². The van der Waals surface area contributed by atoms with Gasteiger partial charge < -0.3 is 15.0 Å². The summed E-state index contributed by atoms with van der Waals surface area (Å²) < 4.78 is 5.66.